The molecule has 1 heterocycles. The third-order valence-corrected chi connectivity index (χ3v) is 6.55. The minimum atomic E-state index is -1.00. The third kappa shape index (κ3) is 6.51. The molecule has 0 bridgehead atoms. The molecule has 0 saturated carbocycles. The first-order chi connectivity index (χ1) is 19.3. The molecule has 3 aromatic carbocycles. The molecule has 0 aliphatic carbocycles. The van der Waals surface area contributed by atoms with Gasteiger partial charge in [-0.2, -0.15) is 0 Å². The summed E-state index contributed by atoms with van der Waals surface area (Å²) >= 11 is 0. The molecule has 10 heteroatoms. The lowest BCUT2D eigenvalue weighted by Gasteiger charge is -2.32. The monoisotopic (exact) mass is 545 g/mol. The minimum absolute atomic E-state index is 0.147. The molecule has 10 nitrogen and oxygen atoms in total. The molecule has 4 aromatic rings. The highest BCUT2D eigenvalue weighted by molar-refractivity contribution is 6.02. The third-order valence-electron chi connectivity index (χ3n) is 6.55. The molecular weight excluding hydrogens is 510 g/mol. The Hall–Kier alpha value is -4.60. The van der Waals surface area contributed by atoms with Gasteiger partial charge >= 0.3 is 0 Å². The summed E-state index contributed by atoms with van der Waals surface area (Å²) in [7, 11) is 4.64. The summed E-state index contributed by atoms with van der Waals surface area (Å²) in [5.41, 5.74) is 2.43. The Morgan fingerprint density at radius 2 is 1.55 bits per heavy atom. The molecule has 2 amide bonds. The fraction of sp³-hybridized carbons (Fsp3) is 0.333. The van der Waals surface area contributed by atoms with Crippen LogP contribution in [0.1, 0.15) is 31.9 Å². The van der Waals surface area contributed by atoms with Gasteiger partial charge in [-0.1, -0.05) is 43.3 Å². The van der Waals surface area contributed by atoms with Gasteiger partial charge in [0, 0.05) is 24.7 Å². The number of hydrogen-bond donors (Lipinski definition) is 1. The summed E-state index contributed by atoms with van der Waals surface area (Å²) in [6, 6.07) is 18.6. The van der Waals surface area contributed by atoms with Crippen LogP contribution >= 0.6 is 0 Å². The molecule has 1 N–H and O–H groups in total. The van der Waals surface area contributed by atoms with E-state index in [9.17, 15) is 9.59 Å². The number of amides is 2. The van der Waals surface area contributed by atoms with Gasteiger partial charge in [0.05, 0.1) is 32.5 Å². The highest BCUT2D eigenvalue weighted by Gasteiger charge is 2.34. The lowest BCUT2D eigenvalue weighted by molar-refractivity contribution is -0.127. The molecule has 1 atom stereocenters. The van der Waals surface area contributed by atoms with Gasteiger partial charge < -0.3 is 19.5 Å². The maximum atomic E-state index is 14.2. The Labute approximate surface area is 233 Å². The van der Waals surface area contributed by atoms with Crippen LogP contribution in [-0.4, -0.2) is 54.7 Å². The minimum Gasteiger partial charge on any atom is -0.497 e. The van der Waals surface area contributed by atoms with E-state index in [1.807, 2.05) is 24.3 Å². The SMILES string of the molecule is COc1ccc([C@@H](C(=O)NCCC(C)C)N(C(=O)Cn2nnc3ccccc32)c2cc(OC)cc(OC)c2)cc1. The summed E-state index contributed by atoms with van der Waals surface area (Å²) in [6.45, 7) is 4.51. The highest BCUT2D eigenvalue weighted by atomic mass is 16.5. The first-order valence-corrected chi connectivity index (χ1v) is 13.1. The molecule has 0 fully saturated rings. The van der Waals surface area contributed by atoms with E-state index >= 15 is 0 Å². The lowest BCUT2D eigenvalue weighted by Crippen LogP contribution is -2.45. The maximum Gasteiger partial charge on any atom is 0.249 e. The van der Waals surface area contributed by atoms with E-state index in [2.05, 4.69) is 29.5 Å². The predicted octanol–water partition coefficient (Wildman–Crippen LogP) is 4.39. The molecule has 0 aliphatic heterocycles. The van der Waals surface area contributed by atoms with Crippen molar-refractivity contribution in [3.8, 4) is 17.2 Å². The van der Waals surface area contributed by atoms with Crippen molar-refractivity contribution in [2.75, 3.05) is 32.8 Å². The summed E-state index contributed by atoms with van der Waals surface area (Å²) in [5, 5.41) is 11.4. The van der Waals surface area contributed by atoms with Crippen molar-refractivity contribution in [3.05, 3.63) is 72.3 Å². The second kappa shape index (κ2) is 13.0. The number of nitrogens with zero attached hydrogens (tertiary/aromatic N) is 4. The topological polar surface area (TPSA) is 108 Å². The number of aromatic nitrogens is 3. The zero-order valence-electron chi connectivity index (χ0n) is 23.5. The second-order valence-corrected chi connectivity index (χ2v) is 9.72. The number of carbonyl (C=O) groups excluding carboxylic acids is 2. The van der Waals surface area contributed by atoms with Gasteiger partial charge in [0.15, 0.2) is 0 Å². The predicted molar refractivity (Wildman–Crippen MR) is 153 cm³/mol. The van der Waals surface area contributed by atoms with Crippen LogP contribution in [0.3, 0.4) is 0 Å². The van der Waals surface area contributed by atoms with Crippen molar-refractivity contribution in [1.82, 2.24) is 20.3 Å². The first-order valence-electron chi connectivity index (χ1n) is 13.1. The summed E-state index contributed by atoms with van der Waals surface area (Å²) < 4.78 is 17.9. The molecule has 210 valence electrons. The summed E-state index contributed by atoms with van der Waals surface area (Å²) in [4.78, 5) is 29.6. The number of carbonyl (C=O) groups is 2. The zero-order chi connectivity index (χ0) is 28.6. The van der Waals surface area contributed by atoms with Gasteiger partial charge in [0.25, 0.3) is 0 Å². The molecule has 0 spiro atoms. The largest absolute Gasteiger partial charge is 0.497 e. The number of anilines is 1. The van der Waals surface area contributed by atoms with Crippen molar-refractivity contribution in [2.24, 2.45) is 5.92 Å². The van der Waals surface area contributed by atoms with Crippen molar-refractivity contribution < 1.29 is 23.8 Å². The number of ether oxygens (including phenoxy) is 3. The molecule has 40 heavy (non-hydrogen) atoms. The fourth-order valence-corrected chi connectivity index (χ4v) is 4.39. The fourth-order valence-electron chi connectivity index (χ4n) is 4.39. The summed E-state index contributed by atoms with van der Waals surface area (Å²) in [5.74, 6) is 1.31. The average molecular weight is 546 g/mol. The number of benzene rings is 3. The molecular formula is C30H35N5O5. The zero-order valence-corrected chi connectivity index (χ0v) is 23.5. The number of para-hydroxylation sites is 1. The Bertz CT molecular complexity index is 1430. The van der Waals surface area contributed by atoms with E-state index in [0.717, 1.165) is 6.42 Å². The highest BCUT2D eigenvalue weighted by Crippen LogP contribution is 2.35. The Morgan fingerprint density at radius 3 is 2.17 bits per heavy atom. The van der Waals surface area contributed by atoms with Crippen molar-refractivity contribution in [3.63, 3.8) is 0 Å². The first kappa shape index (κ1) is 28.4. The van der Waals surface area contributed by atoms with Crippen LogP contribution in [0.4, 0.5) is 5.69 Å². The lowest BCUT2D eigenvalue weighted by atomic mass is 10.0. The Kier molecular flexibility index (Phi) is 9.21. The van der Waals surface area contributed by atoms with Gasteiger partial charge in [-0.25, -0.2) is 4.68 Å². The molecule has 4 rings (SSSR count). The van der Waals surface area contributed by atoms with Crippen LogP contribution in [-0.2, 0) is 16.1 Å². The molecule has 0 unspecified atom stereocenters. The van der Waals surface area contributed by atoms with E-state index < -0.39 is 6.04 Å². The van der Waals surface area contributed by atoms with Crippen LogP contribution < -0.4 is 24.4 Å². The van der Waals surface area contributed by atoms with E-state index in [4.69, 9.17) is 14.2 Å². The van der Waals surface area contributed by atoms with Gasteiger partial charge in [-0.05, 0) is 42.2 Å². The van der Waals surface area contributed by atoms with E-state index in [-0.39, 0.29) is 18.4 Å². The van der Waals surface area contributed by atoms with Gasteiger partial charge in [0.2, 0.25) is 11.8 Å². The standard InChI is InChI=1S/C30H35N5O5/c1-20(2)14-15-31-30(37)29(21-10-12-23(38-3)13-11-21)35(22-16-24(39-4)18-25(17-22)40-5)28(36)19-34-27-9-7-6-8-26(27)32-33-34/h6-13,16-18,20,29H,14-15,19H2,1-5H3,(H,31,37)/t29-/m0/s1. The van der Waals surface area contributed by atoms with Gasteiger partial charge in [-0.15, -0.1) is 5.10 Å². The summed E-state index contributed by atoms with van der Waals surface area (Å²) in [6.07, 6.45) is 0.799. The average Bonchev–Trinajstić information content (AvgIpc) is 3.37. The van der Waals surface area contributed by atoms with Crippen LogP contribution in [0.5, 0.6) is 17.2 Å². The van der Waals surface area contributed by atoms with E-state index in [1.54, 1.807) is 49.6 Å². The van der Waals surface area contributed by atoms with Crippen molar-refractivity contribution >= 4 is 28.5 Å². The van der Waals surface area contributed by atoms with Gasteiger partial charge in [0.1, 0.15) is 35.4 Å². The Balaban J connectivity index is 1.83. The number of nitrogens with one attached hydrogen (secondary N) is 1. The number of fused-ring (bicyclic) bond motifs is 1. The number of hydrogen-bond acceptors (Lipinski definition) is 7. The number of methoxy groups -OCH3 is 3. The van der Waals surface area contributed by atoms with E-state index in [1.165, 1.54) is 23.8 Å². The molecule has 0 radical (unpaired) electrons. The van der Waals surface area contributed by atoms with Crippen molar-refractivity contribution in [1.29, 1.82) is 0 Å². The van der Waals surface area contributed by atoms with Gasteiger partial charge in [-0.3, -0.25) is 14.5 Å². The van der Waals surface area contributed by atoms with Crippen LogP contribution in [0.15, 0.2) is 66.7 Å². The molecule has 0 saturated heterocycles. The maximum absolute atomic E-state index is 14.2. The van der Waals surface area contributed by atoms with E-state index in [0.29, 0.717) is 52.0 Å². The van der Waals surface area contributed by atoms with Crippen molar-refractivity contribution in [2.45, 2.75) is 32.9 Å². The van der Waals surface area contributed by atoms with Crippen LogP contribution in [0.2, 0.25) is 0 Å². The van der Waals surface area contributed by atoms with Crippen LogP contribution in [0, 0.1) is 5.92 Å². The Morgan fingerprint density at radius 1 is 0.900 bits per heavy atom. The molecule has 1 aromatic heterocycles. The van der Waals surface area contributed by atoms with Crippen LogP contribution in [0.25, 0.3) is 11.0 Å². The second-order valence-electron chi connectivity index (χ2n) is 9.72. The normalized spacial score (nSPS) is 11.8. The molecule has 0 aliphatic rings. The number of rotatable bonds is 12. The smallest absolute Gasteiger partial charge is 0.249 e. The quantitative estimate of drug-likeness (QED) is 0.281.